The van der Waals surface area contributed by atoms with Crippen LogP contribution in [0.2, 0.25) is 0 Å². The van der Waals surface area contributed by atoms with Gasteiger partial charge in [-0.2, -0.15) is 13.5 Å². The number of amides is 1. The Balaban J connectivity index is 0.000001000. The van der Waals surface area contributed by atoms with Crippen LogP contribution in [0.4, 0.5) is 0 Å². The van der Waals surface area contributed by atoms with Gasteiger partial charge in [-0.05, 0) is 19.8 Å². The SMILES string of the molecule is CCN1C(=O)CCCC1O.S. The lowest BCUT2D eigenvalue weighted by Gasteiger charge is -2.30. The van der Waals surface area contributed by atoms with Crippen molar-refractivity contribution >= 4 is 19.4 Å². The van der Waals surface area contributed by atoms with Gasteiger partial charge in [-0.3, -0.25) is 4.79 Å². The highest BCUT2D eigenvalue weighted by atomic mass is 32.1. The molecule has 66 valence electrons. The van der Waals surface area contributed by atoms with E-state index in [0.717, 1.165) is 12.8 Å². The number of hydrogen-bond donors (Lipinski definition) is 1. The highest BCUT2D eigenvalue weighted by Crippen LogP contribution is 2.14. The molecule has 11 heavy (non-hydrogen) atoms. The maximum atomic E-state index is 11.0. The van der Waals surface area contributed by atoms with Gasteiger partial charge in [-0.1, -0.05) is 0 Å². The number of piperidine rings is 1. The summed E-state index contributed by atoms with van der Waals surface area (Å²) in [6, 6.07) is 0. The molecule has 1 aliphatic rings. The molecule has 1 atom stereocenters. The van der Waals surface area contributed by atoms with Crippen molar-refractivity contribution in [2.24, 2.45) is 0 Å². The molecule has 0 saturated carbocycles. The van der Waals surface area contributed by atoms with E-state index < -0.39 is 6.23 Å². The number of carbonyl (C=O) groups excluding carboxylic acids is 1. The summed E-state index contributed by atoms with van der Waals surface area (Å²) in [5.41, 5.74) is 0. The second-order valence-corrected chi connectivity index (χ2v) is 2.55. The van der Waals surface area contributed by atoms with E-state index in [9.17, 15) is 9.90 Å². The Morgan fingerprint density at radius 1 is 1.73 bits per heavy atom. The Hall–Kier alpha value is -0.220. The van der Waals surface area contributed by atoms with Gasteiger partial charge in [0.2, 0.25) is 5.91 Å². The van der Waals surface area contributed by atoms with Gasteiger partial charge < -0.3 is 10.0 Å². The molecule has 1 fully saturated rings. The normalized spacial score (nSPS) is 24.7. The molecular formula is C7H15NO2S. The minimum Gasteiger partial charge on any atom is -0.374 e. The summed E-state index contributed by atoms with van der Waals surface area (Å²) in [7, 11) is 0. The molecule has 1 N–H and O–H groups in total. The monoisotopic (exact) mass is 177 g/mol. The minimum absolute atomic E-state index is 0. The first kappa shape index (κ1) is 10.8. The fourth-order valence-corrected chi connectivity index (χ4v) is 1.29. The van der Waals surface area contributed by atoms with Crippen LogP contribution >= 0.6 is 13.5 Å². The molecule has 4 heteroatoms. The molecule has 1 unspecified atom stereocenters. The van der Waals surface area contributed by atoms with Crippen molar-refractivity contribution in [3.05, 3.63) is 0 Å². The van der Waals surface area contributed by atoms with Crippen molar-refractivity contribution in [1.29, 1.82) is 0 Å². The van der Waals surface area contributed by atoms with Crippen LogP contribution < -0.4 is 0 Å². The molecule has 0 spiro atoms. The Bertz CT molecular complexity index is 140. The zero-order valence-electron chi connectivity index (χ0n) is 6.71. The third-order valence-corrected chi connectivity index (χ3v) is 1.87. The fourth-order valence-electron chi connectivity index (χ4n) is 1.29. The third kappa shape index (κ3) is 2.38. The topological polar surface area (TPSA) is 40.5 Å². The van der Waals surface area contributed by atoms with Crippen LogP contribution in [0.1, 0.15) is 26.2 Å². The number of rotatable bonds is 1. The molecule has 1 aliphatic heterocycles. The Morgan fingerprint density at radius 3 is 2.73 bits per heavy atom. The number of aliphatic hydroxyl groups is 1. The maximum Gasteiger partial charge on any atom is 0.224 e. The molecule has 1 saturated heterocycles. The van der Waals surface area contributed by atoms with Crippen molar-refractivity contribution in [2.45, 2.75) is 32.4 Å². The van der Waals surface area contributed by atoms with Gasteiger partial charge in [0.25, 0.3) is 0 Å². The lowest BCUT2D eigenvalue weighted by atomic mass is 10.1. The van der Waals surface area contributed by atoms with E-state index in [2.05, 4.69) is 0 Å². The van der Waals surface area contributed by atoms with Crippen LogP contribution in [0.25, 0.3) is 0 Å². The lowest BCUT2D eigenvalue weighted by Crippen LogP contribution is -2.43. The van der Waals surface area contributed by atoms with E-state index in [1.54, 1.807) is 0 Å². The van der Waals surface area contributed by atoms with Crippen LogP contribution in [0.5, 0.6) is 0 Å². The van der Waals surface area contributed by atoms with Crippen molar-refractivity contribution in [1.82, 2.24) is 4.90 Å². The van der Waals surface area contributed by atoms with E-state index in [1.807, 2.05) is 6.92 Å². The summed E-state index contributed by atoms with van der Waals surface area (Å²) in [4.78, 5) is 12.5. The predicted molar refractivity (Wildman–Crippen MR) is 47.6 cm³/mol. The molecule has 0 aliphatic carbocycles. The maximum absolute atomic E-state index is 11.0. The summed E-state index contributed by atoms with van der Waals surface area (Å²) in [6.07, 6.45) is 1.65. The number of aliphatic hydroxyl groups excluding tert-OH is 1. The average Bonchev–Trinajstić information content (AvgIpc) is 1.88. The average molecular weight is 177 g/mol. The van der Waals surface area contributed by atoms with E-state index in [1.165, 1.54) is 4.90 Å². The fraction of sp³-hybridized carbons (Fsp3) is 0.857. The van der Waals surface area contributed by atoms with Crippen molar-refractivity contribution < 1.29 is 9.90 Å². The van der Waals surface area contributed by atoms with Crippen LogP contribution in [-0.2, 0) is 4.79 Å². The Morgan fingerprint density at radius 2 is 2.36 bits per heavy atom. The summed E-state index contributed by atoms with van der Waals surface area (Å²) in [6.45, 7) is 2.51. The summed E-state index contributed by atoms with van der Waals surface area (Å²) < 4.78 is 0. The number of likely N-dealkylation sites (tertiary alicyclic amines) is 1. The second-order valence-electron chi connectivity index (χ2n) is 2.55. The zero-order chi connectivity index (χ0) is 7.56. The van der Waals surface area contributed by atoms with Gasteiger partial charge in [-0.15, -0.1) is 0 Å². The largest absolute Gasteiger partial charge is 0.374 e. The summed E-state index contributed by atoms with van der Waals surface area (Å²) in [5, 5.41) is 9.24. The smallest absolute Gasteiger partial charge is 0.224 e. The zero-order valence-corrected chi connectivity index (χ0v) is 7.71. The van der Waals surface area contributed by atoms with Gasteiger partial charge in [-0.25, -0.2) is 0 Å². The highest BCUT2D eigenvalue weighted by molar-refractivity contribution is 7.59. The number of hydrogen-bond acceptors (Lipinski definition) is 2. The van der Waals surface area contributed by atoms with E-state index in [4.69, 9.17) is 0 Å². The van der Waals surface area contributed by atoms with Gasteiger partial charge in [0.05, 0.1) is 0 Å². The van der Waals surface area contributed by atoms with E-state index in [-0.39, 0.29) is 19.4 Å². The van der Waals surface area contributed by atoms with Crippen LogP contribution in [0.3, 0.4) is 0 Å². The molecular weight excluding hydrogens is 162 g/mol. The number of carbonyl (C=O) groups is 1. The summed E-state index contributed by atoms with van der Waals surface area (Å²) >= 11 is 0. The first-order valence-electron chi connectivity index (χ1n) is 3.73. The predicted octanol–water partition coefficient (Wildman–Crippen LogP) is 0.450. The van der Waals surface area contributed by atoms with Crippen molar-refractivity contribution in [2.75, 3.05) is 6.54 Å². The molecule has 1 heterocycles. The van der Waals surface area contributed by atoms with Crippen LogP contribution in [-0.4, -0.2) is 28.7 Å². The molecule has 0 bridgehead atoms. The molecule has 0 radical (unpaired) electrons. The van der Waals surface area contributed by atoms with E-state index >= 15 is 0 Å². The van der Waals surface area contributed by atoms with E-state index in [0.29, 0.717) is 13.0 Å². The third-order valence-electron chi connectivity index (χ3n) is 1.87. The van der Waals surface area contributed by atoms with Gasteiger partial charge in [0.1, 0.15) is 6.23 Å². The van der Waals surface area contributed by atoms with Crippen molar-refractivity contribution in [3.8, 4) is 0 Å². The van der Waals surface area contributed by atoms with Gasteiger partial charge in [0.15, 0.2) is 0 Å². The molecule has 1 rings (SSSR count). The number of nitrogens with zero attached hydrogens (tertiary/aromatic N) is 1. The molecule has 0 aromatic carbocycles. The summed E-state index contributed by atoms with van der Waals surface area (Å²) in [5.74, 6) is 0.0845. The quantitative estimate of drug-likeness (QED) is 0.632. The Kier molecular flexibility index (Phi) is 4.52. The van der Waals surface area contributed by atoms with Crippen LogP contribution in [0, 0.1) is 0 Å². The lowest BCUT2D eigenvalue weighted by molar-refractivity contribution is -0.145. The van der Waals surface area contributed by atoms with Gasteiger partial charge >= 0.3 is 0 Å². The molecule has 3 nitrogen and oxygen atoms in total. The van der Waals surface area contributed by atoms with Crippen molar-refractivity contribution in [3.63, 3.8) is 0 Å². The first-order valence-corrected chi connectivity index (χ1v) is 3.73. The molecule has 0 aromatic heterocycles. The standard InChI is InChI=1S/C7H13NO2.H2S/c1-2-8-6(9)4-3-5-7(8)10;/h6,9H,2-5H2,1H3;1H2. The second kappa shape index (κ2) is 4.62. The Labute approximate surface area is 73.8 Å². The highest BCUT2D eigenvalue weighted by Gasteiger charge is 2.23. The molecule has 0 aromatic rings. The molecule has 1 amide bonds. The minimum atomic E-state index is -0.522. The van der Waals surface area contributed by atoms with Crippen LogP contribution in [0.15, 0.2) is 0 Å². The van der Waals surface area contributed by atoms with Gasteiger partial charge in [0, 0.05) is 13.0 Å². The first-order chi connectivity index (χ1) is 4.75.